The van der Waals surface area contributed by atoms with E-state index >= 15 is 0 Å². The number of methoxy groups -OCH3 is 2. The highest BCUT2D eigenvalue weighted by Gasteiger charge is 2.32. The molecule has 1 aromatic rings. The number of nitrogens with two attached hydrogens (primary N) is 1. The average molecular weight is 349 g/mol. The molecule has 0 spiro atoms. The van der Waals surface area contributed by atoms with Crippen LogP contribution in [-0.4, -0.2) is 26.7 Å². The van der Waals surface area contributed by atoms with Gasteiger partial charge in [0.15, 0.2) is 0 Å². The number of anilines is 1. The Balaban J connectivity index is 0.00000242. The molecule has 1 aliphatic rings. The predicted molar refractivity (Wildman–Crippen MR) is 90.3 cm³/mol. The van der Waals surface area contributed by atoms with Crippen molar-refractivity contribution in [2.45, 2.75) is 19.3 Å². The van der Waals surface area contributed by atoms with Crippen LogP contribution in [0.4, 0.5) is 5.69 Å². The molecule has 5 nitrogen and oxygen atoms in total. The lowest BCUT2D eigenvalue weighted by atomic mass is 9.95. The average Bonchev–Trinajstić information content (AvgIpc) is 2.96. The van der Waals surface area contributed by atoms with E-state index in [1.165, 1.54) is 14.2 Å². The highest BCUT2D eigenvalue weighted by atomic mass is 35.5. The molecule has 1 fully saturated rings. The van der Waals surface area contributed by atoms with E-state index in [4.69, 9.17) is 26.8 Å². The van der Waals surface area contributed by atoms with Crippen LogP contribution in [0.15, 0.2) is 12.1 Å². The van der Waals surface area contributed by atoms with E-state index in [0.717, 1.165) is 19.3 Å². The molecule has 22 heavy (non-hydrogen) atoms. The molecule has 0 radical (unpaired) electrons. The van der Waals surface area contributed by atoms with Crippen molar-refractivity contribution in [2.24, 2.45) is 17.6 Å². The van der Waals surface area contributed by atoms with E-state index in [9.17, 15) is 4.79 Å². The number of benzene rings is 1. The van der Waals surface area contributed by atoms with Crippen molar-refractivity contribution in [3.63, 3.8) is 0 Å². The Bertz CT molecular complexity index is 526. The van der Waals surface area contributed by atoms with Gasteiger partial charge >= 0.3 is 0 Å². The van der Waals surface area contributed by atoms with Gasteiger partial charge in [0.2, 0.25) is 5.91 Å². The van der Waals surface area contributed by atoms with Crippen LogP contribution in [0, 0.1) is 11.8 Å². The van der Waals surface area contributed by atoms with Crippen molar-refractivity contribution in [2.75, 3.05) is 26.1 Å². The van der Waals surface area contributed by atoms with Gasteiger partial charge in [0.05, 0.1) is 24.9 Å². The molecule has 1 aliphatic carbocycles. The van der Waals surface area contributed by atoms with Gasteiger partial charge < -0.3 is 20.5 Å². The molecule has 0 unspecified atom stereocenters. The van der Waals surface area contributed by atoms with Gasteiger partial charge in [-0.05, 0) is 31.4 Å². The number of ether oxygens (including phenoxy) is 2. The third kappa shape index (κ3) is 3.97. The quantitative estimate of drug-likeness (QED) is 0.857. The van der Waals surface area contributed by atoms with Crippen molar-refractivity contribution in [1.82, 2.24) is 0 Å². The zero-order valence-corrected chi connectivity index (χ0v) is 14.3. The van der Waals surface area contributed by atoms with Crippen LogP contribution in [0.5, 0.6) is 11.5 Å². The summed E-state index contributed by atoms with van der Waals surface area (Å²) in [6, 6.07) is 3.30. The molecule has 0 aromatic heterocycles. The van der Waals surface area contributed by atoms with E-state index in [2.05, 4.69) is 5.32 Å². The molecule has 0 aliphatic heterocycles. The number of carbonyl (C=O) groups is 1. The van der Waals surface area contributed by atoms with Crippen LogP contribution in [0.25, 0.3) is 0 Å². The fraction of sp³-hybridized carbons (Fsp3) is 0.533. The maximum atomic E-state index is 12.4. The summed E-state index contributed by atoms with van der Waals surface area (Å²) in [7, 11) is 3.07. The Morgan fingerprint density at radius 1 is 1.32 bits per heavy atom. The van der Waals surface area contributed by atoms with Crippen molar-refractivity contribution < 1.29 is 14.3 Å². The molecule has 124 valence electrons. The Kier molecular flexibility index (Phi) is 7.26. The normalized spacial score (nSPS) is 20.2. The van der Waals surface area contributed by atoms with Crippen LogP contribution in [0.1, 0.15) is 19.3 Å². The van der Waals surface area contributed by atoms with E-state index in [1.807, 2.05) is 0 Å². The van der Waals surface area contributed by atoms with E-state index in [1.54, 1.807) is 12.1 Å². The van der Waals surface area contributed by atoms with Gasteiger partial charge in [-0.15, -0.1) is 12.4 Å². The molecule has 0 saturated heterocycles. The Labute approximate surface area is 141 Å². The van der Waals surface area contributed by atoms with Crippen molar-refractivity contribution in [1.29, 1.82) is 0 Å². The summed E-state index contributed by atoms with van der Waals surface area (Å²) >= 11 is 6.11. The lowest BCUT2D eigenvalue weighted by Crippen LogP contribution is -2.29. The fourth-order valence-corrected chi connectivity index (χ4v) is 3.09. The van der Waals surface area contributed by atoms with Crippen LogP contribution in [-0.2, 0) is 4.79 Å². The summed E-state index contributed by atoms with van der Waals surface area (Å²) < 4.78 is 10.4. The molecular formula is C15H22Cl2N2O3. The number of nitrogens with one attached hydrogen (secondary N) is 1. The first-order valence-corrected chi connectivity index (χ1v) is 7.41. The standard InChI is InChI=1S/C15H21ClN2O3.ClH/c1-20-13-7-14(21-2)12(6-11(13)16)18-15(19)10-5-3-4-9(10)8-17;/h6-7,9-10H,3-5,8,17H2,1-2H3,(H,18,19);1H/t9-,10-;/m1./s1. The molecule has 1 amide bonds. The molecular weight excluding hydrogens is 327 g/mol. The minimum absolute atomic E-state index is 0. The van der Waals surface area contributed by atoms with Gasteiger partial charge in [-0.1, -0.05) is 18.0 Å². The number of rotatable bonds is 5. The van der Waals surface area contributed by atoms with Gasteiger partial charge in [-0.2, -0.15) is 0 Å². The van der Waals surface area contributed by atoms with E-state index in [0.29, 0.717) is 28.8 Å². The number of carbonyl (C=O) groups excluding carboxylic acids is 1. The highest BCUT2D eigenvalue weighted by Crippen LogP contribution is 2.37. The maximum absolute atomic E-state index is 12.4. The minimum Gasteiger partial charge on any atom is -0.495 e. The Morgan fingerprint density at radius 3 is 2.59 bits per heavy atom. The third-order valence-corrected chi connectivity index (χ3v) is 4.33. The largest absolute Gasteiger partial charge is 0.495 e. The third-order valence-electron chi connectivity index (χ3n) is 4.03. The van der Waals surface area contributed by atoms with Crippen LogP contribution >= 0.6 is 24.0 Å². The number of amides is 1. The lowest BCUT2D eigenvalue weighted by Gasteiger charge is -2.19. The molecule has 7 heteroatoms. The van der Waals surface area contributed by atoms with E-state index in [-0.39, 0.29) is 30.2 Å². The zero-order valence-electron chi connectivity index (χ0n) is 12.7. The van der Waals surface area contributed by atoms with Crippen LogP contribution in [0.3, 0.4) is 0 Å². The lowest BCUT2D eigenvalue weighted by molar-refractivity contribution is -0.120. The van der Waals surface area contributed by atoms with Gasteiger partial charge in [-0.3, -0.25) is 4.79 Å². The van der Waals surface area contributed by atoms with Crippen molar-refractivity contribution in [3.05, 3.63) is 17.2 Å². The highest BCUT2D eigenvalue weighted by molar-refractivity contribution is 6.32. The molecule has 2 rings (SSSR count). The second kappa shape index (κ2) is 8.46. The first-order valence-electron chi connectivity index (χ1n) is 7.03. The summed E-state index contributed by atoms with van der Waals surface area (Å²) in [6.07, 6.45) is 2.93. The topological polar surface area (TPSA) is 73.6 Å². The van der Waals surface area contributed by atoms with Crippen molar-refractivity contribution in [3.8, 4) is 11.5 Å². The summed E-state index contributed by atoms with van der Waals surface area (Å²) in [5, 5.41) is 3.33. The maximum Gasteiger partial charge on any atom is 0.227 e. The molecule has 3 N–H and O–H groups in total. The monoisotopic (exact) mass is 348 g/mol. The Hall–Kier alpha value is -1.17. The fourth-order valence-electron chi connectivity index (χ4n) is 2.85. The van der Waals surface area contributed by atoms with Gasteiger partial charge in [0, 0.05) is 12.0 Å². The second-order valence-electron chi connectivity index (χ2n) is 5.21. The zero-order chi connectivity index (χ0) is 15.4. The summed E-state index contributed by atoms with van der Waals surface area (Å²) in [5.41, 5.74) is 6.28. The smallest absolute Gasteiger partial charge is 0.227 e. The van der Waals surface area contributed by atoms with Gasteiger partial charge in [-0.25, -0.2) is 0 Å². The SMILES string of the molecule is COc1cc(OC)c(NC(=O)[C@@H]2CCC[C@@H]2CN)cc1Cl.Cl. The molecule has 1 aromatic carbocycles. The van der Waals surface area contributed by atoms with Crippen LogP contribution in [0.2, 0.25) is 5.02 Å². The number of halogens is 2. The molecule has 0 bridgehead atoms. The van der Waals surface area contributed by atoms with Gasteiger partial charge in [0.25, 0.3) is 0 Å². The second-order valence-corrected chi connectivity index (χ2v) is 5.62. The summed E-state index contributed by atoms with van der Waals surface area (Å²) in [5.74, 6) is 1.21. The summed E-state index contributed by atoms with van der Waals surface area (Å²) in [4.78, 5) is 12.4. The van der Waals surface area contributed by atoms with E-state index < -0.39 is 0 Å². The van der Waals surface area contributed by atoms with Crippen molar-refractivity contribution >= 4 is 35.6 Å². The molecule has 2 atom stereocenters. The predicted octanol–water partition coefficient (Wildman–Crippen LogP) is 3.09. The van der Waals surface area contributed by atoms with Gasteiger partial charge in [0.1, 0.15) is 11.5 Å². The number of hydrogen-bond acceptors (Lipinski definition) is 4. The molecule has 1 saturated carbocycles. The first-order chi connectivity index (χ1) is 10.1. The summed E-state index contributed by atoms with van der Waals surface area (Å²) in [6.45, 7) is 0.540. The minimum atomic E-state index is -0.0411. The van der Waals surface area contributed by atoms with Crippen LogP contribution < -0.4 is 20.5 Å². The Morgan fingerprint density at radius 2 is 2.00 bits per heavy atom. The first kappa shape index (κ1) is 18.9. The molecule has 0 heterocycles. The number of hydrogen-bond donors (Lipinski definition) is 2.